The Balaban J connectivity index is 1.84. The van der Waals surface area contributed by atoms with Crippen LogP contribution in [0.5, 0.6) is 0 Å². The third-order valence-electron chi connectivity index (χ3n) is 7.38. The van der Waals surface area contributed by atoms with Gasteiger partial charge >= 0.3 is 5.97 Å². The van der Waals surface area contributed by atoms with Crippen LogP contribution in [0.1, 0.15) is 72.1 Å². The molecule has 156 valence electrons. The van der Waals surface area contributed by atoms with Gasteiger partial charge in [-0.2, -0.15) is 0 Å². The molecule has 3 aliphatic rings. The molecule has 0 aromatic carbocycles. The Morgan fingerprint density at radius 1 is 1.14 bits per heavy atom. The summed E-state index contributed by atoms with van der Waals surface area (Å²) in [6, 6.07) is 0. The van der Waals surface area contributed by atoms with Gasteiger partial charge in [-0.15, -0.1) is 0 Å². The third-order valence-corrected chi connectivity index (χ3v) is 7.38. The van der Waals surface area contributed by atoms with Crippen LogP contribution in [0.25, 0.3) is 0 Å². The van der Waals surface area contributed by atoms with Gasteiger partial charge in [-0.25, -0.2) is 0 Å². The van der Waals surface area contributed by atoms with Crippen molar-refractivity contribution in [3.8, 4) is 0 Å². The second-order valence-corrected chi connectivity index (χ2v) is 9.73. The van der Waals surface area contributed by atoms with E-state index in [2.05, 4.69) is 39.0 Å². The number of carbonyl (C=O) groups is 1. The average Bonchev–Trinajstić information content (AvgIpc) is 2.66. The predicted octanol–water partition coefficient (Wildman–Crippen LogP) is 5.76. The lowest BCUT2D eigenvalue weighted by Gasteiger charge is -2.41. The molecule has 0 saturated carbocycles. The maximum absolute atomic E-state index is 11.3. The highest BCUT2D eigenvalue weighted by Gasteiger charge is 2.37. The molecule has 0 bridgehead atoms. The Morgan fingerprint density at radius 3 is 2.61 bits per heavy atom. The SMILES string of the molecule is CC1=CC(C2CCC(C3C=CC(O)CC3C(C)C)C=C2CCC(=O)O)CCC1. The molecule has 0 aromatic heterocycles. The number of hydrogen-bond acceptors (Lipinski definition) is 2. The third kappa shape index (κ3) is 5.17. The highest BCUT2D eigenvalue weighted by atomic mass is 16.4. The van der Waals surface area contributed by atoms with Crippen LogP contribution in [-0.2, 0) is 4.79 Å². The molecular weight excluding hydrogens is 348 g/mol. The normalized spacial score (nSPS) is 36.2. The standard InChI is InChI=1S/C25H38O3/c1-16(2)24-15-21(26)9-11-23(24)20-7-10-22(18-6-4-5-17(3)13-18)19(14-20)8-12-25(27)28/h9,11,13-14,16,18,20-24,26H,4-8,10,12,15H2,1-3H3,(H,27,28). The van der Waals surface area contributed by atoms with E-state index in [9.17, 15) is 15.0 Å². The number of aliphatic carboxylic acids is 1. The molecule has 0 saturated heterocycles. The molecule has 6 unspecified atom stereocenters. The lowest BCUT2D eigenvalue weighted by atomic mass is 9.64. The number of rotatable bonds is 6. The van der Waals surface area contributed by atoms with E-state index >= 15 is 0 Å². The summed E-state index contributed by atoms with van der Waals surface area (Å²) in [5, 5.41) is 19.4. The monoisotopic (exact) mass is 386 g/mol. The maximum Gasteiger partial charge on any atom is 0.303 e. The van der Waals surface area contributed by atoms with Crippen LogP contribution >= 0.6 is 0 Å². The fourth-order valence-electron chi connectivity index (χ4n) is 5.91. The molecule has 3 heteroatoms. The number of carboxylic acid groups (broad SMARTS) is 1. The summed E-state index contributed by atoms with van der Waals surface area (Å²) >= 11 is 0. The second kappa shape index (κ2) is 9.43. The lowest BCUT2D eigenvalue weighted by molar-refractivity contribution is -0.137. The minimum absolute atomic E-state index is 0.233. The van der Waals surface area contributed by atoms with Gasteiger partial charge in [0.25, 0.3) is 0 Å². The molecule has 3 aliphatic carbocycles. The van der Waals surface area contributed by atoms with Crippen molar-refractivity contribution in [2.24, 2.45) is 35.5 Å². The summed E-state index contributed by atoms with van der Waals surface area (Å²) in [6.45, 7) is 6.77. The minimum atomic E-state index is -0.696. The first kappa shape index (κ1) is 21.4. The molecule has 3 nitrogen and oxygen atoms in total. The Labute approximate surface area is 170 Å². The first-order chi connectivity index (χ1) is 13.3. The molecule has 0 spiro atoms. The van der Waals surface area contributed by atoms with Crippen molar-refractivity contribution in [1.82, 2.24) is 0 Å². The highest BCUT2D eigenvalue weighted by molar-refractivity contribution is 5.67. The van der Waals surface area contributed by atoms with Gasteiger partial charge in [-0.1, -0.05) is 49.3 Å². The van der Waals surface area contributed by atoms with Crippen LogP contribution in [0.2, 0.25) is 0 Å². The summed E-state index contributed by atoms with van der Waals surface area (Å²) in [4.78, 5) is 11.3. The molecule has 0 radical (unpaired) electrons. The van der Waals surface area contributed by atoms with Crippen molar-refractivity contribution in [3.63, 3.8) is 0 Å². The van der Waals surface area contributed by atoms with Crippen LogP contribution in [0.3, 0.4) is 0 Å². The molecule has 0 aliphatic heterocycles. The van der Waals surface area contributed by atoms with Crippen molar-refractivity contribution < 1.29 is 15.0 Å². The van der Waals surface area contributed by atoms with E-state index in [0.717, 1.165) is 6.42 Å². The van der Waals surface area contributed by atoms with Gasteiger partial charge in [0.15, 0.2) is 0 Å². The van der Waals surface area contributed by atoms with Crippen LogP contribution in [0.4, 0.5) is 0 Å². The molecular formula is C25H38O3. The first-order valence-corrected chi connectivity index (χ1v) is 11.3. The average molecular weight is 387 g/mol. The van der Waals surface area contributed by atoms with E-state index < -0.39 is 5.97 Å². The van der Waals surface area contributed by atoms with Gasteiger partial charge in [-0.3, -0.25) is 4.79 Å². The predicted molar refractivity (Wildman–Crippen MR) is 114 cm³/mol. The second-order valence-electron chi connectivity index (χ2n) is 9.73. The topological polar surface area (TPSA) is 57.5 Å². The van der Waals surface area contributed by atoms with E-state index in [0.29, 0.717) is 41.9 Å². The zero-order valence-electron chi connectivity index (χ0n) is 17.8. The first-order valence-electron chi connectivity index (χ1n) is 11.3. The molecule has 0 aromatic rings. The Bertz CT molecular complexity index is 642. The van der Waals surface area contributed by atoms with Gasteiger partial charge in [0.1, 0.15) is 0 Å². The van der Waals surface area contributed by atoms with Gasteiger partial charge in [0.2, 0.25) is 0 Å². The number of carboxylic acids is 1. The Hall–Kier alpha value is -1.35. The zero-order chi connectivity index (χ0) is 20.3. The van der Waals surface area contributed by atoms with Crippen molar-refractivity contribution in [1.29, 1.82) is 0 Å². The van der Waals surface area contributed by atoms with Gasteiger partial charge < -0.3 is 10.2 Å². The van der Waals surface area contributed by atoms with Gasteiger partial charge in [0, 0.05) is 6.42 Å². The molecule has 0 fully saturated rings. The summed E-state index contributed by atoms with van der Waals surface area (Å²) in [5.74, 6) is 2.38. The summed E-state index contributed by atoms with van der Waals surface area (Å²) in [5.41, 5.74) is 2.89. The lowest BCUT2D eigenvalue weighted by Crippen LogP contribution is -2.34. The van der Waals surface area contributed by atoms with Gasteiger partial charge in [0.05, 0.1) is 6.10 Å². The van der Waals surface area contributed by atoms with Gasteiger partial charge in [-0.05, 0) is 87.4 Å². The van der Waals surface area contributed by atoms with E-state index in [-0.39, 0.29) is 12.5 Å². The number of allylic oxidation sites excluding steroid dienone is 5. The van der Waals surface area contributed by atoms with Crippen molar-refractivity contribution in [2.75, 3.05) is 0 Å². The molecule has 0 heterocycles. The quantitative estimate of drug-likeness (QED) is 0.571. The zero-order valence-corrected chi connectivity index (χ0v) is 17.8. The smallest absolute Gasteiger partial charge is 0.303 e. The largest absolute Gasteiger partial charge is 0.481 e. The van der Waals surface area contributed by atoms with Crippen LogP contribution in [-0.4, -0.2) is 22.3 Å². The number of hydrogen-bond donors (Lipinski definition) is 2. The fourth-order valence-corrected chi connectivity index (χ4v) is 5.91. The Morgan fingerprint density at radius 2 is 1.93 bits per heavy atom. The van der Waals surface area contributed by atoms with Crippen molar-refractivity contribution in [2.45, 2.75) is 78.2 Å². The van der Waals surface area contributed by atoms with E-state index in [4.69, 9.17) is 0 Å². The molecule has 6 atom stereocenters. The summed E-state index contributed by atoms with van der Waals surface area (Å²) < 4.78 is 0. The minimum Gasteiger partial charge on any atom is -0.481 e. The Kier molecular flexibility index (Phi) is 7.20. The highest BCUT2D eigenvalue weighted by Crippen LogP contribution is 2.46. The van der Waals surface area contributed by atoms with E-state index in [1.54, 1.807) is 0 Å². The maximum atomic E-state index is 11.3. The van der Waals surface area contributed by atoms with Crippen LogP contribution < -0.4 is 0 Å². The van der Waals surface area contributed by atoms with Crippen LogP contribution in [0, 0.1) is 35.5 Å². The van der Waals surface area contributed by atoms with E-state index in [1.165, 1.54) is 43.3 Å². The van der Waals surface area contributed by atoms with E-state index in [1.807, 2.05) is 6.08 Å². The number of aliphatic hydroxyl groups excluding tert-OH is 1. The number of aliphatic hydroxyl groups is 1. The van der Waals surface area contributed by atoms with Crippen molar-refractivity contribution >= 4 is 5.97 Å². The molecule has 2 N–H and O–H groups in total. The summed E-state index contributed by atoms with van der Waals surface area (Å²) in [7, 11) is 0. The van der Waals surface area contributed by atoms with Crippen molar-refractivity contribution in [3.05, 3.63) is 35.5 Å². The van der Waals surface area contributed by atoms with Crippen LogP contribution in [0.15, 0.2) is 35.5 Å². The molecule has 28 heavy (non-hydrogen) atoms. The molecule has 3 rings (SSSR count). The fraction of sp³-hybridized carbons (Fsp3) is 0.720. The molecule has 0 amide bonds. The summed E-state index contributed by atoms with van der Waals surface area (Å²) in [6.07, 6.45) is 16.7.